The summed E-state index contributed by atoms with van der Waals surface area (Å²) in [6.07, 6.45) is 7.70. The Labute approximate surface area is 170 Å². The lowest BCUT2D eigenvalue weighted by molar-refractivity contribution is 0.309. The second-order valence-electron chi connectivity index (χ2n) is 6.17. The zero-order chi connectivity index (χ0) is 19.3. The lowest BCUT2D eigenvalue weighted by Crippen LogP contribution is -2.23. The number of rotatable bonds is 7. The lowest BCUT2D eigenvalue weighted by Gasteiger charge is -2.07. The third-order valence-corrected chi connectivity index (χ3v) is 5.90. The quantitative estimate of drug-likeness (QED) is 0.431. The number of thiazole rings is 1. The van der Waals surface area contributed by atoms with Crippen LogP contribution >= 0.6 is 22.7 Å². The molecule has 0 fully saturated rings. The van der Waals surface area contributed by atoms with Gasteiger partial charge in [0.05, 0.1) is 11.1 Å². The molecule has 0 saturated heterocycles. The molecule has 4 aromatic rings. The van der Waals surface area contributed by atoms with E-state index in [0.29, 0.717) is 21.9 Å². The Morgan fingerprint density at radius 3 is 2.86 bits per heavy atom. The van der Waals surface area contributed by atoms with Gasteiger partial charge in [-0.05, 0) is 42.2 Å². The zero-order valence-electron chi connectivity index (χ0n) is 15.4. The third kappa shape index (κ3) is 4.05. The van der Waals surface area contributed by atoms with Gasteiger partial charge in [-0.1, -0.05) is 48.9 Å². The molecule has 0 aliphatic rings. The molecule has 3 aromatic heterocycles. The van der Waals surface area contributed by atoms with Crippen LogP contribution in [0, 0.1) is 0 Å². The van der Waals surface area contributed by atoms with Crippen LogP contribution in [0.3, 0.4) is 0 Å². The summed E-state index contributed by atoms with van der Waals surface area (Å²) in [4.78, 5) is 18.9. The van der Waals surface area contributed by atoms with E-state index in [0.717, 1.165) is 29.0 Å². The second-order valence-corrected chi connectivity index (χ2v) is 8.16. The molecular formula is C21H19N3O2S2. The highest BCUT2D eigenvalue weighted by Crippen LogP contribution is 2.19. The van der Waals surface area contributed by atoms with Gasteiger partial charge in [0, 0.05) is 10.4 Å². The molecule has 0 aliphatic carbocycles. The number of aromatic nitrogens is 3. The molecule has 0 bridgehead atoms. The minimum absolute atomic E-state index is 0.161. The van der Waals surface area contributed by atoms with Crippen LogP contribution in [0.5, 0.6) is 5.75 Å². The van der Waals surface area contributed by atoms with Gasteiger partial charge in [0.1, 0.15) is 5.75 Å². The molecule has 4 rings (SSSR count). The normalized spacial score (nSPS) is 12.4. The van der Waals surface area contributed by atoms with E-state index in [4.69, 9.17) is 4.74 Å². The van der Waals surface area contributed by atoms with Gasteiger partial charge in [-0.2, -0.15) is 9.50 Å². The summed E-state index contributed by atoms with van der Waals surface area (Å²) in [5.41, 5.74) is 0.727. The molecule has 0 N–H and O–H groups in total. The van der Waals surface area contributed by atoms with Gasteiger partial charge in [-0.15, -0.1) is 16.4 Å². The highest BCUT2D eigenvalue weighted by Gasteiger charge is 2.10. The van der Waals surface area contributed by atoms with E-state index >= 15 is 0 Å². The Hall–Kier alpha value is -2.77. The van der Waals surface area contributed by atoms with Crippen LogP contribution < -0.4 is 14.8 Å². The third-order valence-electron chi connectivity index (χ3n) is 4.10. The second kappa shape index (κ2) is 8.50. The van der Waals surface area contributed by atoms with Crippen molar-refractivity contribution in [2.45, 2.75) is 19.8 Å². The summed E-state index contributed by atoms with van der Waals surface area (Å²) in [5, 5.41) is 6.34. The SMILES string of the molecule is CCCCOc1ccccc1/C=c1/sc2nc(/C=C/c3cccs3)nn2c1=O. The summed E-state index contributed by atoms with van der Waals surface area (Å²) >= 11 is 2.98. The summed E-state index contributed by atoms with van der Waals surface area (Å²) in [5.74, 6) is 1.32. The monoisotopic (exact) mass is 409 g/mol. The van der Waals surface area contributed by atoms with Crippen LogP contribution in [-0.4, -0.2) is 21.2 Å². The first-order chi connectivity index (χ1) is 13.7. The highest BCUT2D eigenvalue weighted by molar-refractivity contribution is 7.15. The minimum Gasteiger partial charge on any atom is -0.493 e. The predicted molar refractivity (Wildman–Crippen MR) is 116 cm³/mol. The van der Waals surface area contributed by atoms with Crippen LogP contribution in [0.2, 0.25) is 0 Å². The maximum Gasteiger partial charge on any atom is 0.291 e. The van der Waals surface area contributed by atoms with E-state index in [2.05, 4.69) is 17.0 Å². The van der Waals surface area contributed by atoms with Gasteiger partial charge in [0.25, 0.3) is 5.56 Å². The highest BCUT2D eigenvalue weighted by atomic mass is 32.1. The van der Waals surface area contributed by atoms with Crippen molar-refractivity contribution >= 4 is 45.9 Å². The van der Waals surface area contributed by atoms with E-state index in [-0.39, 0.29) is 5.56 Å². The van der Waals surface area contributed by atoms with Gasteiger partial charge in [-0.3, -0.25) is 4.79 Å². The number of fused-ring (bicyclic) bond motifs is 1. The lowest BCUT2D eigenvalue weighted by atomic mass is 10.2. The fourth-order valence-electron chi connectivity index (χ4n) is 2.66. The molecule has 0 saturated carbocycles. The maximum absolute atomic E-state index is 12.7. The molecule has 3 heterocycles. The molecule has 0 spiro atoms. The van der Waals surface area contributed by atoms with Gasteiger partial charge >= 0.3 is 0 Å². The minimum atomic E-state index is -0.161. The Kier molecular flexibility index (Phi) is 5.64. The van der Waals surface area contributed by atoms with Crippen molar-refractivity contribution in [1.29, 1.82) is 0 Å². The summed E-state index contributed by atoms with van der Waals surface area (Å²) < 4.78 is 7.82. The van der Waals surface area contributed by atoms with Crippen molar-refractivity contribution in [1.82, 2.24) is 14.6 Å². The van der Waals surface area contributed by atoms with E-state index in [1.165, 1.54) is 15.9 Å². The largest absolute Gasteiger partial charge is 0.493 e. The average molecular weight is 410 g/mol. The van der Waals surface area contributed by atoms with Crippen LogP contribution in [0.15, 0.2) is 46.6 Å². The summed E-state index contributed by atoms with van der Waals surface area (Å²) in [6.45, 7) is 2.80. The predicted octanol–water partition coefficient (Wildman–Crippen LogP) is 4.11. The number of hydrogen-bond donors (Lipinski definition) is 0. The fraction of sp³-hybridized carbons (Fsp3) is 0.190. The smallest absolute Gasteiger partial charge is 0.291 e. The first kappa shape index (κ1) is 18.6. The Morgan fingerprint density at radius 2 is 2.07 bits per heavy atom. The van der Waals surface area contributed by atoms with Crippen molar-refractivity contribution in [2.75, 3.05) is 6.61 Å². The first-order valence-corrected chi connectivity index (χ1v) is 10.8. The van der Waals surface area contributed by atoms with Crippen LogP contribution in [0.25, 0.3) is 23.2 Å². The van der Waals surface area contributed by atoms with Crippen molar-refractivity contribution < 1.29 is 4.74 Å². The van der Waals surface area contributed by atoms with Crippen molar-refractivity contribution in [3.05, 3.63) is 72.9 Å². The average Bonchev–Trinajstić information content (AvgIpc) is 3.41. The number of ether oxygens (including phenoxy) is 1. The molecule has 0 atom stereocenters. The molecule has 0 aliphatic heterocycles. The summed E-state index contributed by atoms with van der Waals surface area (Å²) in [6, 6.07) is 11.8. The maximum atomic E-state index is 12.7. The first-order valence-electron chi connectivity index (χ1n) is 9.09. The van der Waals surface area contributed by atoms with E-state index in [1.54, 1.807) is 11.3 Å². The van der Waals surface area contributed by atoms with Crippen molar-refractivity contribution in [2.24, 2.45) is 0 Å². The number of thiophene rings is 1. The van der Waals surface area contributed by atoms with E-state index in [9.17, 15) is 4.79 Å². The van der Waals surface area contributed by atoms with Crippen molar-refractivity contribution in [3.63, 3.8) is 0 Å². The van der Waals surface area contributed by atoms with Crippen LogP contribution in [0.1, 0.15) is 36.0 Å². The summed E-state index contributed by atoms with van der Waals surface area (Å²) in [7, 11) is 0. The Bertz CT molecular complexity index is 1210. The van der Waals surface area contributed by atoms with Gasteiger partial charge < -0.3 is 4.74 Å². The van der Waals surface area contributed by atoms with E-state index < -0.39 is 0 Å². The molecule has 142 valence electrons. The van der Waals surface area contributed by atoms with Gasteiger partial charge in [0.2, 0.25) is 4.96 Å². The van der Waals surface area contributed by atoms with Crippen LogP contribution in [0.4, 0.5) is 0 Å². The number of benzene rings is 1. The molecule has 0 unspecified atom stereocenters. The molecule has 28 heavy (non-hydrogen) atoms. The topological polar surface area (TPSA) is 56.5 Å². The molecule has 0 radical (unpaired) electrons. The molecule has 7 heteroatoms. The fourth-order valence-corrected chi connectivity index (χ4v) is 4.18. The van der Waals surface area contributed by atoms with Crippen molar-refractivity contribution in [3.8, 4) is 5.75 Å². The number of para-hydroxylation sites is 1. The molecule has 0 amide bonds. The Balaban J connectivity index is 1.64. The number of hydrogen-bond acceptors (Lipinski definition) is 6. The van der Waals surface area contributed by atoms with Crippen LogP contribution in [-0.2, 0) is 0 Å². The van der Waals surface area contributed by atoms with Gasteiger partial charge in [-0.25, -0.2) is 0 Å². The van der Waals surface area contributed by atoms with E-state index in [1.807, 2.05) is 60.0 Å². The van der Waals surface area contributed by atoms with Gasteiger partial charge in [0.15, 0.2) is 5.82 Å². The molecule has 1 aromatic carbocycles. The molecular weight excluding hydrogens is 390 g/mol. The number of nitrogens with zero attached hydrogens (tertiary/aromatic N) is 3. The Morgan fingerprint density at radius 1 is 1.18 bits per heavy atom. The molecule has 5 nitrogen and oxygen atoms in total. The number of unbranched alkanes of at least 4 members (excludes halogenated alkanes) is 1. The zero-order valence-corrected chi connectivity index (χ0v) is 17.0. The standard InChI is InChI=1S/C21H19N3O2S2/c1-2-3-12-26-17-9-5-4-7-15(17)14-18-20(25)24-21(28-18)22-19(23-24)11-10-16-8-6-13-27-16/h4-11,13-14H,2-3,12H2,1H3/b11-10+,18-14+.